The topological polar surface area (TPSA) is 73.0 Å². The van der Waals surface area contributed by atoms with Crippen LogP contribution in [0.15, 0.2) is 52.2 Å². The van der Waals surface area contributed by atoms with E-state index in [2.05, 4.69) is 15.5 Å². The molecule has 3 rings (SSSR count). The third-order valence-electron chi connectivity index (χ3n) is 3.29. The second kappa shape index (κ2) is 7.55. The Balaban J connectivity index is 1.59. The molecule has 8 heteroatoms. The highest BCUT2D eigenvalue weighted by Gasteiger charge is 2.13. The van der Waals surface area contributed by atoms with Gasteiger partial charge in [-0.2, -0.15) is 0 Å². The van der Waals surface area contributed by atoms with Gasteiger partial charge < -0.3 is 14.3 Å². The summed E-state index contributed by atoms with van der Waals surface area (Å²) in [4.78, 5) is 11.9. The first kappa shape index (κ1) is 16.6. The Bertz CT molecular complexity index is 832. The van der Waals surface area contributed by atoms with Crippen LogP contribution in [0.25, 0.3) is 11.4 Å². The highest BCUT2D eigenvalue weighted by molar-refractivity contribution is 7.99. The normalized spacial score (nSPS) is 10.8. The van der Waals surface area contributed by atoms with E-state index in [1.54, 1.807) is 18.4 Å². The van der Waals surface area contributed by atoms with Crippen LogP contribution in [0.3, 0.4) is 0 Å². The highest BCUT2D eigenvalue weighted by Crippen LogP contribution is 2.24. The zero-order chi connectivity index (χ0) is 16.9. The van der Waals surface area contributed by atoms with Crippen molar-refractivity contribution in [3.05, 3.63) is 53.4 Å². The third-order valence-corrected chi connectivity index (χ3v) is 4.55. The van der Waals surface area contributed by atoms with Crippen molar-refractivity contribution >= 4 is 29.3 Å². The molecule has 1 amide bonds. The minimum Gasteiger partial charge on any atom is -0.467 e. The summed E-state index contributed by atoms with van der Waals surface area (Å²) in [6.45, 7) is 0.374. The van der Waals surface area contributed by atoms with Gasteiger partial charge in [-0.1, -0.05) is 35.5 Å². The van der Waals surface area contributed by atoms with Crippen molar-refractivity contribution in [2.45, 2.75) is 11.7 Å². The summed E-state index contributed by atoms with van der Waals surface area (Å²) in [5.74, 6) is 1.58. The Kier molecular flexibility index (Phi) is 5.22. The summed E-state index contributed by atoms with van der Waals surface area (Å²) in [5.41, 5.74) is 0.881. The molecule has 0 spiro atoms. The molecular weight excluding hydrogens is 348 g/mol. The number of furan rings is 1. The number of amides is 1. The second-order valence-corrected chi connectivity index (χ2v) is 6.40. The fraction of sp³-hybridized carbons (Fsp3) is 0.188. The molecule has 0 saturated heterocycles. The van der Waals surface area contributed by atoms with Crippen LogP contribution in [0, 0.1) is 0 Å². The van der Waals surface area contributed by atoms with Crippen molar-refractivity contribution in [2.75, 3.05) is 5.75 Å². The van der Waals surface area contributed by atoms with E-state index in [4.69, 9.17) is 16.0 Å². The Morgan fingerprint density at radius 3 is 2.96 bits per heavy atom. The molecule has 0 aliphatic carbocycles. The van der Waals surface area contributed by atoms with Gasteiger partial charge in [0.05, 0.1) is 18.6 Å². The smallest absolute Gasteiger partial charge is 0.230 e. The van der Waals surface area contributed by atoms with Gasteiger partial charge in [0.1, 0.15) is 5.76 Å². The van der Waals surface area contributed by atoms with Crippen molar-refractivity contribution in [2.24, 2.45) is 7.05 Å². The molecule has 24 heavy (non-hydrogen) atoms. The summed E-state index contributed by atoms with van der Waals surface area (Å²) in [5, 5.41) is 12.4. The number of nitrogens with one attached hydrogen (secondary N) is 1. The molecule has 6 nitrogen and oxygen atoms in total. The lowest BCUT2D eigenvalue weighted by molar-refractivity contribution is -0.118. The van der Waals surface area contributed by atoms with Gasteiger partial charge in [0.15, 0.2) is 11.0 Å². The third kappa shape index (κ3) is 3.98. The maximum atomic E-state index is 11.9. The van der Waals surface area contributed by atoms with Crippen molar-refractivity contribution < 1.29 is 9.21 Å². The molecule has 3 aromatic rings. The Labute approximate surface area is 148 Å². The van der Waals surface area contributed by atoms with Crippen LogP contribution in [0.2, 0.25) is 5.02 Å². The number of hydrogen-bond acceptors (Lipinski definition) is 5. The molecule has 0 radical (unpaired) electrons. The average Bonchev–Trinajstić information content (AvgIpc) is 3.21. The number of rotatable bonds is 6. The van der Waals surface area contributed by atoms with Gasteiger partial charge in [0.25, 0.3) is 0 Å². The van der Waals surface area contributed by atoms with Crippen LogP contribution in [0.5, 0.6) is 0 Å². The SMILES string of the molecule is Cn1c(SCC(=O)NCc2ccco2)nnc1-c1cccc(Cl)c1. The lowest BCUT2D eigenvalue weighted by Crippen LogP contribution is -2.24. The van der Waals surface area contributed by atoms with Crippen molar-refractivity contribution in [1.29, 1.82) is 0 Å². The summed E-state index contributed by atoms with van der Waals surface area (Å²) in [6, 6.07) is 11.0. The maximum absolute atomic E-state index is 11.9. The van der Waals surface area contributed by atoms with Crippen LogP contribution < -0.4 is 5.32 Å². The summed E-state index contributed by atoms with van der Waals surface area (Å²) < 4.78 is 7.01. The number of thioether (sulfide) groups is 1. The summed E-state index contributed by atoms with van der Waals surface area (Å²) in [6.07, 6.45) is 1.58. The van der Waals surface area contributed by atoms with E-state index in [1.165, 1.54) is 11.8 Å². The minimum absolute atomic E-state index is 0.0938. The molecule has 0 atom stereocenters. The number of halogens is 1. The van der Waals surface area contributed by atoms with Gasteiger partial charge in [-0.05, 0) is 24.3 Å². The monoisotopic (exact) mass is 362 g/mol. The highest BCUT2D eigenvalue weighted by atomic mass is 35.5. The van der Waals surface area contributed by atoms with Gasteiger partial charge in [-0.15, -0.1) is 10.2 Å². The molecule has 2 aromatic heterocycles. The quantitative estimate of drug-likeness (QED) is 0.682. The van der Waals surface area contributed by atoms with Crippen LogP contribution in [-0.2, 0) is 18.4 Å². The van der Waals surface area contributed by atoms with E-state index in [-0.39, 0.29) is 11.7 Å². The van der Waals surface area contributed by atoms with Gasteiger partial charge in [0.2, 0.25) is 5.91 Å². The van der Waals surface area contributed by atoms with Crippen LogP contribution in [-0.4, -0.2) is 26.4 Å². The zero-order valence-corrected chi connectivity index (χ0v) is 14.5. The molecule has 0 saturated carbocycles. The molecular formula is C16H15ClN4O2S. The van der Waals surface area contributed by atoms with E-state index >= 15 is 0 Å². The lowest BCUT2D eigenvalue weighted by atomic mass is 10.2. The lowest BCUT2D eigenvalue weighted by Gasteiger charge is -2.05. The zero-order valence-electron chi connectivity index (χ0n) is 12.9. The van der Waals surface area contributed by atoms with Crippen LogP contribution >= 0.6 is 23.4 Å². The van der Waals surface area contributed by atoms with Crippen molar-refractivity contribution in [1.82, 2.24) is 20.1 Å². The number of carbonyl (C=O) groups excluding carboxylic acids is 1. The largest absolute Gasteiger partial charge is 0.467 e. The standard InChI is InChI=1S/C16H15ClN4O2S/c1-21-15(11-4-2-5-12(17)8-11)19-20-16(21)24-10-14(22)18-9-13-6-3-7-23-13/h2-8H,9-10H2,1H3,(H,18,22). The van der Waals surface area contributed by atoms with Gasteiger partial charge in [-0.3, -0.25) is 4.79 Å². The van der Waals surface area contributed by atoms with E-state index in [0.29, 0.717) is 22.5 Å². The fourth-order valence-electron chi connectivity index (χ4n) is 2.10. The Morgan fingerprint density at radius 1 is 1.33 bits per heavy atom. The minimum atomic E-state index is -0.0938. The molecule has 0 fully saturated rings. The number of hydrogen-bond donors (Lipinski definition) is 1. The molecule has 1 N–H and O–H groups in total. The fourth-order valence-corrected chi connectivity index (χ4v) is 3.03. The van der Waals surface area contributed by atoms with Crippen molar-refractivity contribution in [3.8, 4) is 11.4 Å². The van der Waals surface area contributed by atoms with E-state index < -0.39 is 0 Å². The number of aromatic nitrogens is 3. The number of carbonyl (C=O) groups is 1. The molecule has 0 bridgehead atoms. The first-order valence-corrected chi connectivity index (χ1v) is 8.57. The molecule has 0 aliphatic heterocycles. The van der Waals surface area contributed by atoms with Gasteiger partial charge in [-0.25, -0.2) is 0 Å². The second-order valence-electron chi connectivity index (χ2n) is 5.02. The molecule has 124 valence electrons. The van der Waals surface area contributed by atoms with E-state index in [9.17, 15) is 4.79 Å². The Morgan fingerprint density at radius 2 is 2.21 bits per heavy atom. The maximum Gasteiger partial charge on any atom is 0.230 e. The van der Waals surface area contributed by atoms with E-state index in [0.717, 1.165) is 11.3 Å². The predicted octanol–water partition coefficient (Wildman–Crippen LogP) is 3.14. The summed E-state index contributed by atoms with van der Waals surface area (Å²) in [7, 11) is 1.86. The van der Waals surface area contributed by atoms with Gasteiger partial charge in [0, 0.05) is 17.6 Å². The molecule has 1 aromatic carbocycles. The first-order chi connectivity index (χ1) is 11.6. The average molecular weight is 363 g/mol. The molecule has 2 heterocycles. The number of nitrogens with zero attached hydrogens (tertiary/aromatic N) is 3. The molecule has 0 unspecified atom stereocenters. The first-order valence-electron chi connectivity index (χ1n) is 7.20. The van der Waals surface area contributed by atoms with Crippen molar-refractivity contribution in [3.63, 3.8) is 0 Å². The number of benzene rings is 1. The predicted molar refractivity (Wildman–Crippen MR) is 92.7 cm³/mol. The molecule has 0 aliphatic rings. The van der Waals surface area contributed by atoms with Gasteiger partial charge >= 0.3 is 0 Å². The van der Waals surface area contributed by atoms with Crippen LogP contribution in [0.1, 0.15) is 5.76 Å². The Hall–Kier alpha value is -2.25. The van der Waals surface area contributed by atoms with E-state index in [1.807, 2.05) is 35.9 Å². The van der Waals surface area contributed by atoms with Crippen LogP contribution in [0.4, 0.5) is 0 Å². The summed E-state index contributed by atoms with van der Waals surface area (Å²) >= 11 is 7.34.